The number of carbonyl (C=O) groups excluding carboxylic acids is 1. The van der Waals surface area contributed by atoms with Crippen molar-refractivity contribution in [1.29, 1.82) is 0 Å². The molecule has 0 atom stereocenters. The number of hydrogen-bond acceptors (Lipinski definition) is 3. The number of benzene rings is 2. The van der Waals surface area contributed by atoms with Crippen LogP contribution < -0.4 is 0 Å². The summed E-state index contributed by atoms with van der Waals surface area (Å²) >= 11 is 0. The molecule has 0 aliphatic heterocycles. The highest BCUT2D eigenvalue weighted by molar-refractivity contribution is 6.11. The van der Waals surface area contributed by atoms with Crippen LogP contribution in [0.1, 0.15) is 21.7 Å². The molecule has 20 heavy (non-hydrogen) atoms. The molecule has 0 saturated heterocycles. The van der Waals surface area contributed by atoms with Gasteiger partial charge in [-0.2, -0.15) is 0 Å². The minimum atomic E-state index is -0.00528. The van der Waals surface area contributed by atoms with E-state index in [0.717, 1.165) is 11.5 Å². The molecular weight excluding hydrogens is 250 g/mol. The van der Waals surface area contributed by atoms with E-state index in [1.165, 1.54) is 0 Å². The second kappa shape index (κ2) is 5.09. The van der Waals surface area contributed by atoms with Gasteiger partial charge in [0, 0.05) is 11.1 Å². The summed E-state index contributed by atoms with van der Waals surface area (Å²) in [5.41, 5.74) is 2.11. The van der Waals surface area contributed by atoms with E-state index in [-0.39, 0.29) is 5.78 Å². The van der Waals surface area contributed by atoms with E-state index >= 15 is 0 Å². The Balaban J connectivity index is 2.12. The second-order valence-corrected chi connectivity index (χ2v) is 4.46. The molecule has 3 aromatic rings. The third-order valence-corrected chi connectivity index (χ3v) is 3.16. The minimum absolute atomic E-state index is 0.00528. The first-order valence-corrected chi connectivity index (χ1v) is 6.33. The summed E-state index contributed by atoms with van der Waals surface area (Å²) in [7, 11) is 0. The Labute approximate surface area is 116 Å². The van der Waals surface area contributed by atoms with Gasteiger partial charge >= 0.3 is 0 Å². The number of aromatic nitrogens is 3. The normalized spacial score (nSPS) is 10.4. The Kier molecular flexibility index (Phi) is 3.13. The predicted octanol–water partition coefficient (Wildman–Crippen LogP) is 2.81. The van der Waals surface area contributed by atoms with Gasteiger partial charge in [0.05, 0.1) is 5.69 Å². The van der Waals surface area contributed by atoms with Crippen LogP contribution in [0.15, 0.2) is 60.9 Å². The molecule has 4 heteroatoms. The van der Waals surface area contributed by atoms with Crippen LogP contribution in [0.5, 0.6) is 0 Å². The number of ketones is 1. The third kappa shape index (κ3) is 2.12. The van der Waals surface area contributed by atoms with Crippen LogP contribution in [-0.4, -0.2) is 20.5 Å². The smallest absolute Gasteiger partial charge is 0.195 e. The van der Waals surface area contributed by atoms with Gasteiger partial charge < -0.3 is 0 Å². The van der Waals surface area contributed by atoms with Crippen molar-refractivity contribution in [2.45, 2.75) is 6.92 Å². The quantitative estimate of drug-likeness (QED) is 0.683. The fraction of sp³-hybridized carbons (Fsp3) is 0.0625. The topological polar surface area (TPSA) is 47.8 Å². The summed E-state index contributed by atoms with van der Waals surface area (Å²) in [6.07, 6.45) is 1.62. The molecule has 0 radical (unpaired) electrons. The van der Waals surface area contributed by atoms with Crippen molar-refractivity contribution in [3.8, 4) is 5.69 Å². The zero-order chi connectivity index (χ0) is 13.9. The SMILES string of the molecule is Cc1nncn1-c1ccccc1C(=O)c1ccccc1. The highest BCUT2D eigenvalue weighted by atomic mass is 16.1. The van der Waals surface area contributed by atoms with Gasteiger partial charge in [-0.1, -0.05) is 42.5 Å². The maximum absolute atomic E-state index is 12.6. The summed E-state index contributed by atoms with van der Waals surface area (Å²) < 4.78 is 1.82. The fourth-order valence-electron chi connectivity index (χ4n) is 2.15. The first kappa shape index (κ1) is 12.3. The summed E-state index contributed by atoms with van der Waals surface area (Å²) in [6, 6.07) is 16.7. The van der Waals surface area contributed by atoms with Crippen molar-refractivity contribution >= 4 is 5.78 Å². The average Bonchev–Trinajstić information content (AvgIpc) is 2.93. The number of rotatable bonds is 3. The lowest BCUT2D eigenvalue weighted by molar-refractivity contribution is 0.103. The van der Waals surface area contributed by atoms with E-state index < -0.39 is 0 Å². The lowest BCUT2D eigenvalue weighted by Gasteiger charge is -2.10. The van der Waals surface area contributed by atoms with E-state index in [1.54, 1.807) is 6.33 Å². The molecule has 0 bridgehead atoms. The van der Waals surface area contributed by atoms with Crippen LogP contribution in [0, 0.1) is 6.92 Å². The number of carbonyl (C=O) groups is 1. The van der Waals surface area contributed by atoms with Gasteiger partial charge in [-0.15, -0.1) is 10.2 Å². The molecule has 98 valence electrons. The molecule has 1 heterocycles. The van der Waals surface area contributed by atoms with Crippen LogP contribution in [0.2, 0.25) is 0 Å². The molecule has 0 aliphatic rings. The third-order valence-electron chi connectivity index (χ3n) is 3.16. The second-order valence-electron chi connectivity index (χ2n) is 4.46. The Morgan fingerprint density at radius 1 is 1.00 bits per heavy atom. The van der Waals surface area contributed by atoms with Crippen molar-refractivity contribution in [3.05, 3.63) is 77.9 Å². The van der Waals surface area contributed by atoms with Gasteiger partial charge in [-0.3, -0.25) is 9.36 Å². The monoisotopic (exact) mass is 263 g/mol. The molecule has 0 N–H and O–H groups in total. The fourth-order valence-corrected chi connectivity index (χ4v) is 2.15. The molecule has 0 fully saturated rings. The van der Waals surface area contributed by atoms with Crippen molar-refractivity contribution in [3.63, 3.8) is 0 Å². The van der Waals surface area contributed by atoms with Gasteiger partial charge in [0.25, 0.3) is 0 Å². The lowest BCUT2D eigenvalue weighted by atomic mass is 10.0. The Morgan fingerprint density at radius 3 is 2.40 bits per heavy atom. The molecular formula is C16H13N3O. The van der Waals surface area contributed by atoms with Crippen LogP contribution >= 0.6 is 0 Å². The first-order chi connectivity index (χ1) is 9.77. The van der Waals surface area contributed by atoms with E-state index in [2.05, 4.69) is 10.2 Å². The molecule has 0 aliphatic carbocycles. The van der Waals surface area contributed by atoms with E-state index in [4.69, 9.17) is 0 Å². The molecule has 0 saturated carbocycles. The first-order valence-electron chi connectivity index (χ1n) is 6.33. The van der Waals surface area contributed by atoms with Crippen molar-refractivity contribution < 1.29 is 4.79 Å². The highest BCUT2D eigenvalue weighted by Gasteiger charge is 2.15. The number of aryl methyl sites for hydroxylation is 1. The Morgan fingerprint density at radius 2 is 1.70 bits per heavy atom. The van der Waals surface area contributed by atoms with E-state index in [1.807, 2.05) is 66.1 Å². The summed E-state index contributed by atoms with van der Waals surface area (Å²) in [5.74, 6) is 0.743. The number of hydrogen-bond donors (Lipinski definition) is 0. The molecule has 3 rings (SSSR count). The molecule has 0 unspecified atom stereocenters. The van der Waals surface area contributed by atoms with Crippen molar-refractivity contribution in [2.24, 2.45) is 0 Å². The summed E-state index contributed by atoms with van der Waals surface area (Å²) in [6.45, 7) is 1.86. The Bertz CT molecular complexity index is 747. The molecule has 1 aromatic heterocycles. The zero-order valence-corrected chi connectivity index (χ0v) is 11.0. The van der Waals surface area contributed by atoms with Crippen molar-refractivity contribution in [2.75, 3.05) is 0 Å². The molecule has 0 amide bonds. The number of para-hydroxylation sites is 1. The zero-order valence-electron chi connectivity index (χ0n) is 11.0. The van der Waals surface area contributed by atoms with Crippen LogP contribution in [0.25, 0.3) is 5.69 Å². The maximum atomic E-state index is 12.6. The maximum Gasteiger partial charge on any atom is 0.195 e. The van der Waals surface area contributed by atoms with Gasteiger partial charge in [-0.05, 0) is 19.1 Å². The van der Waals surface area contributed by atoms with E-state index in [0.29, 0.717) is 11.1 Å². The minimum Gasteiger partial charge on any atom is -0.289 e. The van der Waals surface area contributed by atoms with Gasteiger partial charge in [0.15, 0.2) is 5.78 Å². The highest BCUT2D eigenvalue weighted by Crippen LogP contribution is 2.19. The molecule has 0 spiro atoms. The van der Waals surface area contributed by atoms with Crippen molar-refractivity contribution in [1.82, 2.24) is 14.8 Å². The summed E-state index contributed by atoms with van der Waals surface area (Å²) in [5, 5.41) is 7.84. The van der Waals surface area contributed by atoms with E-state index in [9.17, 15) is 4.79 Å². The predicted molar refractivity (Wildman–Crippen MR) is 76.0 cm³/mol. The molecule has 2 aromatic carbocycles. The largest absolute Gasteiger partial charge is 0.289 e. The summed E-state index contributed by atoms with van der Waals surface area (Å²) in [4.78, 5) is 12.6. The van der Waals surface area contributed by atoms with Gasteiger partial charge in [0.1, 0.15) is 12.2 Å². The van der Waals surface area contributed by atoms with Gasteiger partial charge in [0.2, 0.25) is 0 Å². The Hall–Kier alpha value is -2.75. The van der Waals surface area contributed by atoms with Gasteiger partial charge in [-0.25, -0.2) is 0 Å². The standard InChI is InChI=1S/C16H13N3O/c1-12-18-17-11-19(12)15-10-6-5-9-14(15)16(20)13-7-3-2-4-8-13/h2-11H,1H3. The number of nitrogens with zero attached hydrogens (tertiary/aromatic N) is 3. The van der Waals surface area contributed by atoms with Crippen LogP contribution in [0.3, 0.4) is 0 Å². The van der Waals surface area contributed by atoms with Crippen LogP contribution in [0.4, 0.5) is 0 Å². The lowest BCUT2D eigenvalue weighted by Crippen LogP contribution is -2.07. The molecule has 4 nitrogen and oxygen atoms in total. The average molecular weight is 263 g/mol. The van der Waals surface area contributed by atoms with Crippen LogP contribution in [-0.2, 0) is 0 Å².